The lowest BCUT2D eigenvalue weighted by molar-refractivity contribution is 0.0949. The van der Waals surface area contributed by atoms with E-state index in [0.717, 1.165) is 38.3 Å². The van der Waals surface area contributed by atoms with Gasteiger partial charge in [0.05, 0.1) is 23.5 Å². The fourth-order valence-electron chi connectivity index (χ4n) is 3.16. The molecule has 0 aliphatic carbocycles. The van der Waals surface area contributed by atoms with Crippen LogP contribution in [-0.4, -0.2) is 49.9 Å². The summed E-state index contributed by atoms with van der Waals surface area (Å²) in [5.41, 5.74) is 2.58. The summed E-state index contributed by atoms with van der Waals surface area (Å²) < 4.78 is 2.08. The first-order valence-electron chi connectivity index (χ1n) is 8.97. The second kappa shape index (κ2) is 8.64. The zero-order valence-corrected chi connectivity index (χ0v) is 16.4. The predicted molar refractivity (Wildman–Crippen MR) is 102 cm³/mol. The minimum atomic E-state index is -0.178. The largest absolute Gasteiger partial charge is 0.346 e. The number of rotatable bonds is 6. The average molecular weight is 375 g/mol. The molecule has 0 fully saturated rings. The minimum Gasteiger partial charge on any atom is -0.346 e. The molecule has 140 valence electrons. The van der Waals surface area contributed by atoms with E-state index in [4.69, 9.17) is 0 Å². The van der Waals surface area contributed by atoms with Crippen molar-refractivity contribution in [2.24, 2.45) is 5.92 Å². The van der Waals surface area contributed by atoms with Crippen LogP contribution in [0.5, 0.6) is 0 Å². The van der Waals surface area contributed by atoms with Crippen LogP contribution in [0.25, 0.3) is 0 Å². The van der Waals surface area contributed by atoms with Crippen molar-refractivity contribution in [1.29, 1.82) is 0 Å². The lowest BCUT2D eigenvalue weighted by atomic mass is 10.2. The van der Waals surface area contributed by atoms with Crippen LogP contribution < -0.4 is 5.32 Å². The lowest BCUT2D eigenvalue weighted by Crippen LogP contribution is -2.27. The molecule has 0 bridgehead atoms. The normalized spacial score (nSPS) is 14.9. The van der Waals surface area contributed by atoms with Gasteiger partial charge in [-0.15, -0.1) is 0 Å². The molecule has 0 spiro atoms. The van der Waals surface area contributed by atoms with Crippen LogP contribution in [0.2, 0.25) is 0 Å². The van der Waals surface area contributed by atoms with E-state index in [1.54, 1.807) is 12.4 Å². The van der Waals surface area contributed by atoms with Gasteiger partial charge in [0.25, 0.3) is 5.91 Å². The average Bonchev–Trinajstić information content (AvgIpc) is 2.91. The highest BCUT2D eigenvalue weighted by Gasteiger charge is 2.17. The number of nitrogens with one attached hydrogen (secondary N) is 1. The van der Waals surface area contributed by atoms with Crippen LogP contribution in [0.15, 0.2) is 23.6 Å². The fraction of sp³-hybridized carbons (Fsp3) is 0.556. The number of hydrogen-bond donors (Lipinski definition) is 1. The van der Waals surface area contributed by atoms with Crippen molar-refractivity contribution >= 4 is 17.7 Å². The fourth-order valence-corrected chi connectivity index (χ4v) is 3.47. The number of nitrogens with zero attached hydrogens (tertiary/aromatic N) is 5. The highest BCUT2D eigenvalue weighted by molar-refractivity contribution is 7.98. The third-order valence-corrected chi connectivity index (χ3v) is 4.85. The van der Waals surface area contributed by atoms with Gasteiger partial charge in [0.15, 0.2) is 5.16 Å². The standard InChI is InChI=1S/C18H26N6OS/c1-13(2)11-23-5-4-6-24-16(12-23)7-15(22-24)10-19-17(25)14-8-20-18(26-3)21-9-14/h7-9,13H,4-6,10-12H2,1-3H3,(H,19,25). The SMILES string of the molecule is CSc1ncc(C(=O)NCc2cc3n(n2)CCCN(CC(C)C)C3)cn1. The van der Waals surface area contributed by atoms with Crippen LogP contribution in [0.1, 0.15) is 42.0 Å². The number of hydrogen-bond acceptors (Lipinski definition) is 6. The van der Waals surface area contributed by atoms with E-state index in [-0.39, 0.29) is 5.91 Å². The molecule has 1 amide bonds. The van der Waals surface area contributed by atoms with E-state index in [2.05, 4.69) is 49.9 Å². The van der Waals surface area contributed by atoms with E-state index >= 15 is 0 Å². The van der Waals surface area contributed by atoms with Crippen molar-refractivity contribution < 1.29 is 4.79 Å². The third kappa shape index (κ3) is 4.82. The zero-order valence-electron chi connectivity index (χ0n) is 15.6. The Balaban J connectivity index is 1.60. The summed E-state index contributed by atoms with van der Waals surface area (Å²) in [4.78, 5) is 23.0. The van der Waals surface area contributed by atoms with Gasteiger partial charge >= 0.3 is 0 Å². The molecule has 0 saturated heterocycles. The van der Waals surface area contributed by atoms with Gasteiger partial charge in [0, 0.05) is 38.6 Å². The molecule has 0 unspecified atom stereocenters. The quantitative estimate of drug-likeness (QED) is 0.617. The number of aromatic nitrogens is 4. The minimum absolute atomic E-state index is 0.178. The van der Waals surface area contributed by atoms with Gasteiger partial charge in [-0.1, -0.05) is 25.6 Å². The predicted octanol–water partition coefficient (Wildman–Crippen LogP) is 2.19. The van der Waals surface area contributed by atoms with Crippen molar-refractivity contribution in [3.05, 3.63) is 35.4 Å². The maximum absolute atomic E-state index is 12.2. The summed E-state index contributed by atoms with van der Waals surface area (Å²) in [6, 6.07) is 2.10. The smallest absolute Gasteiger partial charge is 0.254 e. The first-order chi connectivity index (χ1) is 12.5. The van der Waals surface area contributed by atoms with Gasteiger partial charge in [-0.05, 0) is 24.7 Å². The Labute approximate surface area is 158 Å². The summed E-state index contributed by atoms with van der Waals surface area (Å²) in [6.07, 6.45) is 6.12. The van der Waals surface area contributed by atoms with Gasteiger partial charge in [-0.2, -0.15) is 5.10 Å². The van der Waals surface area contributed by atoms with Crippen molar-refractivity contribution in [3.8, 4) is 0 Å². The first-order valence-corrected chi connectivity index (χ1v) is 10.2. The second-order valence-corrected chi connectivity index (χ2v) is 7.75. The Morgan fingerprint density at radius 3 is 2.77 bits per heavy atom. The summed E-state index contributed by atoms with van der Waals surface area (Å²) in [6.45, 7) is 8.97. The molecule has 8 heteroatoms. The second-order valence-electron chi connectivity index (χ2n) is 6.97. The van der Waals surface area contributed by atoms with E-state index in [0.29, 0.717) is 23.2 Å². The Morgan fingerprint density at radius 1 is 1.31 bits per heavy atom. The number of carbonyl (C=O) groups excluding carboxylic acids is 1. The molecular formula is C18H26N6OS. The maximum atomic E-state index is 12.2. The van der Waals surface area contributed by atoms with Crippen molar-refractivity contribution in [3.63, 3.8) is 0 Å². The Hall–Kier alpha value is -1.93. The van der Waals surface area contributed by atoms with E-state index in [1.165, 1.54) is 17.5 Å². The number of fused-ring (bicyclic) bond motifs is 1. The van der Waals surface area contributed by atoms with Crippen molar-refractivity contribution in [1.82, 2.24) is 30.0 Å². The van der Waals surface area contributed by atoms with Gasteiger partial charge in [-0.3, -0.25) is 14.4 Å². The number of amides is 1. The molecular weight excluding hydrogens is 348 g/mol. The summed E-state index contributed by atoms with van der Waals surface area (Å²) in [5.74, 6) is 0.477. The Morgan fingerprint density at radius 2 is 2.08 bits per heavy atom. The molecule has 3 rings (SSSR count). The topological polar surface area (TPSA) is 75.9 Å². The molecule has 7 nitrogen and oxygen atoms in total. The molecule has 3 heterocycles. The molecule has 1 aliphatic heterocycles. The van der Waals surface area contributed by atoms with Gasteiger partial charge in [0.1, 0.15) is 0 Å². The summed E-state index contributed by atoms with van der Waals surface area (Å²) >= 11 is 1.45. The van der Waals surface area contributed by atoms with Gasteiger partial charge in [-0.25, -0.2) is 9.97 Å². The number of thioether (sulfide) groups is 1. The molecule has 1 aliphatic rings. The van der Waals surface area contributed by atoms with Crippen LogP contribution in [-0.2, 0) is 19.6 Å². The summed E-state index contributed by atoms with van der Waals surface area (Å²) in [5, 5.41) is 8.22. The summed E-state index contributed by atoms with van der Waals surface area (Å²) in [7, 11) is 0. The highest BCUT2D eigenvalue weighted by atomic mass is 32.2. The van der Waals surface area contributed by atoms with Crippen LogP contribution in [0.3, 0.4) is 0 Å². The molecule has 2 aromatic heterocycles. The Bertz CT molecular complexity index is 743. The van der Waals surface area contributed by atoms with Crippen LogP contribution in [0, 0.1) is 5.92 Å². The maximum Gasteiger partial charge on any atom is 0.254 e. The molecule has 0 aromatic carbocycles. The van der Waals surface area contributed by atoms with Crippen LogP contribution >= 0.6 is 11.8 Å². The Kier molecular flexibility index (Phi) is 6.26. The van der Waals surface area contributed by atoms with Crippen molar-refractivity contribution in [2.45, 2.75) is 45.1 Å². The van der Waals surface area contributed by atoms with E-state index in [9.17, 15) is 4.79 Å². The van der Waals surface area contributed by atoms with Gasteiger partial charge < -0.3 is 5.32 Å². The lowest BCUT2D eigenvalue weighted by Gasteiger charge is -2.21. The molecule has 0 saturated carbocycles. The van der Waals surface area contributed by atoms with E-state index in [1.807, 2.05) is 6.26 Å². The van der Waals surface area contributed by atoms with E-state index < -0.39 is 0 Å². The number of aryl methyl sites for hydroxylation is 1. The third-order valence-electron chi connectivity index (χ3n) is 4.27. The first kappa shape index (κ1) is 18.8. The molecule has 0 radical (unpaired) electrons. The zero-order chi connectivity index (χ0) is 18.5. The monoisotopic (exact) mass is 374 g/mol. The molecule has 26 heavy (non-hydrogen) atoms. The molecule has 2 aromatic rings. The molecule has 1 N–H and O–H groups in total. The van der Waals surface area contributed by atoms with Crippen LogP contribution in [0.4, 0.5) is 0 Å². The highest BCUT2D eigenvalue weighted by Crippen LogP contribution is 2.15. The van der Waals surface area contributed by atoms with Gasteiger partial charge in [0.2, 0.25) is 0 Å². The van der Waals surface area contributed by atoms with Crippen molar-refractivity contribution in [2.75, 3.05) is 19.3 Å². The number of carbonyl (C=O) groups is 1. The molecule has 0 atom stereocenters.